The summed E-state index contributed by atoms with van der Waals surface area (Å²) in [5.41, 5.74) is 2.31. The molecule has 2 rings (SSSR count). The number of ether oxygens (including phenoxy) is 3. The highest BCUT2D eigenvalue weighted by molar-refractivity contribution is 14.2. The Bertz CT molecular complexity index is 799. The number of hydrogen-bond acceptors (Lipinski definition) is 6. The van der Waals surface area contributed by atoms with E-state index in [2.05, 4.69) is 58.5 Å². The number of carbonyl (C=O) groups is 1. The van der Waals surface area contributed by atoms with Crippen molar-refractivity contribution in [3.63, 3.8) is 0 Å². The van der Waals surface area contributed by atoms with Crippen LogP contribution in [0.5, 0.6) is 0 Å². The van der Waals surface area contributed by atoms with Crippen LogP contribution in [0.4, 0.5) is 4.79 Å². The van der Waals surface area contributed by atoms with Gasteiger partial charge in [0.05, 0.1) is 31.9 Å². The van der Waals surface area contributed by atoms with Gasteiger partial charge in [0.1, 0.15) is 5.60 Å². The van der Waals surface area contributed by atoms with Crippen LogP contribution < -0.4 is 0 Å². The van der Waals surface area contributed by atoms with Crippen molar-refractivity contribution in [2.24, 2.45) is 11.3 Å². The van der Waals surface area contributed by atoms with E-state index in [1.54, 1.807) is 19.1 Å². The molecule has 1 aromatic rings. The van der Waals surface area contributed by atoms with Gasteiger partial charge in [0, 0.05) is 51.5 Å². The van der Waals surface area contributed by atoms with E-state index in [1.807, 2.05) is 20.8 Å². The van der Waals surface area contributed by atoms with Crippen molar-refractivity contribution in [3.8, 4) is 0 Å². The Hall–Kier alpha value is -0.480. The first-order valence-electron chi connectivity index (χ1n) is 12.5. The third-order valence-corrected chi connectivity index (χ3v) is 8.71. The lowest BCUT2D eigenvalue weighted by Crippen LogP contribution is -2.38. The predicted octanol–water partition coefficient (Wildman–Crippen LogP) is 5.55. The summed E-state index contributed by atoms with van der Waals surface area (Å²) in [5.74, 6) is 0.944. The number of aromatic nitrogens is 2. The van der Waals surface area contributed by atoms with E-state index < -0.39 is 5.60 Å². The van der Waals surface area contributed by atoms with Crippen molar-refractivity contribution < 1.29 is 19.0 Å². The highest BCUT2D eigenvalue weighted by Crippen LogP contribution is 2.47. The maximum Gasteiger partial charge on any atom is 0.410 e. The summed E-state index contributed by atoms with van der Waals surface area (Å²) in [5, 5.41) is 5.01. The molecule has 8 nitrogen and oxygen atoms in total. The zero-order chi connectivity index (χ0) is 26.2. The first-order valence-corrected chi connectivity index (χ1v) is 16.6. The Kier molecular flexibility index (Phi) is 12.2. The second-order valence-electron chi connectivity index (χ2n) is 11.4. The average Bonchev–Trinajstić information content (AvgIpc) is 3.17. The second kappa shape index (κ2) is 13.9. The largest absolute Gasteiger partial charge is 0.444 e. The highest BCUT2D eigenvalue weighted by Gasteiger charge is 2.38. The van der Waals surface area contributed by atoms with Crippen LogP contribution >= 0.6 is 28.4 Å². The molecule has 1 fully saturated rings. The topological polar surface area (TPSA) is 69.1 Å². The maximum absolute atomic E-state index is 12.3. The average molecular weight is 625 g/mol. The minimum absolute atomic E-state index is 0.264. The summed E-state index contributed by atoms with van der Waals surface area (Å²) in [6.45, 7) is 14.6. The number of amides is 1. The van der Waals surface area contributed by atoms with Crippen LogP contribution in [-0.2, 0) is 20.8 Å². The van der Waals surface area contributed by atoms with Crippen molar-refractivity contribution >= 4 is 34.5 Å². The monoisotopic (exact) mass is 624 g/mol. The molecule has 3 atom stereocenters. The van der Waals surface area contributed by atoms with Gasteiger partial charge in [-0.2, -0.15) is 5.10 Å². The summed E-state index contributed by atoms with van der Waals surface area (Å²) < 4.78 is 18.6. The van der Waals surface area contributed by atoms with Gasteiger partial charge >= 0.3 is 6.09 Å². The van der Waals surface area contributed by atoms with Crippen molar-refractivity contribution in [3.05, 3.63) is 17.5 Å². The van der Waals surface area contributed by atoms with E-state index in [0.717, 1.165) is 32.5 Å². The molecule has 0 radical (unpaired) electrons. The van der Waals surface area contributed by atoms with E-state index in [9.17, 15) is 4.79 Å². The van der Waals surface area contributed by atoms with Crippen LogP contribution in [-0.4, -0.2) is 85.2 Å². The molecule has 202 valence electrons. The molecule has 3 unspecified atom stereocenters. The molecule has 0 spiro atoms. The molecule has 1 amide bonds. The Morgan fingerprint density at radius 1 is 1.29 bits per heavy atom. The fraction of sp³-hybridized carbons (Fsp3) is 0.840. The van der Waals surface area contributed by atoms with Crippen LogP contribution in [0.2, 0.25) is 0 Å². The second-order valence-corrected chi connectivity index (χ2v) is 13.5. The molecule has 1 aromatic heterocycles. The van der Waals surface area contributed by atoms with Gasteiger partial charge in [0.2, 0.25) is 0 Å². The summed E-state index contributed by atoms with van der Waals surface area (Å²) in [4.78, 5) is 16.2. The molecule has 0 aromatic carbocycles. The van der Waals surface area contributed by atoms with Gasteiger partial charge < -0.3 is 24.0 Å². The Morgan fingerprint density at radius 3 is 2.63 bits per heavy atom. The van der Waals surface area contributed by atoms with Crippen LogP contribution in [0, 0.1) is 11.3 Å². The van der Waals surface area contributed by atoms with Crippen LogP contribution in [0.3, 0.4) is 0 Å². The number of rotatable bonds is 12. The fourth-order valence-electron chi connectivity index (χ4n) is 4.49. The van der Waals surface area contributed by atoms with Crippen molar-refractivity contribution in [2.75, 3.05) is 54.1 Å². The minimum Gasteiger partial charge on any atom is -0.444 e. The maximum atomic E-state index is 12.3. The number of nitrogens with zero attached hydrogens (tertiary/aromatic N) is 4. The van der Waals surface area contributed by atoms with Gasteiger partial charge in [-0.25, -0.2) is 9.25 Å². The molecule has 0 aliphatic heterocycles. The molecular formula is C25H46IN4O4P. The van der Waals surface area contributed by atoms with Gasteiger partial charge in [-0.15, -0.1) is 0 Å². The fourth-order valence-corrected chi connectivity index (χ4v) is 5.59. The summed E-state index contributed by atoms with van der Waals surface area (Å²) in [7, 11) is 5.61. The van der Waals surface area contributed by atoms with E-state index >= 15 is 0 Å². The molecule has 1 aliphatic carbocycles. The number of carbonyl (C=O) groups excluding carboxylic acids is 1. The van der Waals surface area contributed by atoms with E-state index in [-0.39, 0.29) is 11.5 Å². The molecule has 1 saturated carbocycles. The van der Waals surface area contributed by atoms with Crippen LogP contribution in [0.1, 0.15) is 71.1 Å². The number of halogens is 1. The number of hydrogen-bond donors (Lipinski definition) is 0. The number of methoxy groups -OCH3 is 1. The van der Waals surface area contributed by atoms with E-state index in [4.69, 9.17) is 19.3 Å². The lowest BCUT2D eigenvalue weighted by atomic mass is 9.65. The third kappa shape index (κ3) is 10.1. The Labute approximate surface area is 227 Å². The normalized spacial score (nSPS) is 20.6. The molecule has 0 N–H and O–H groups in total. The molecule has 1 aliphatic rings. The van der Waals surface area contributed by atoms with Crippen LogP contribution in [0.25, 0.3) is 0 Å². The Balaban J connectivity index is 2.02. The lowest BCUT2D eigenvalue weighted by molar-refractivity contribution is -0.000418. The van der Waals surface area contributed by atoms with Crippen molar-refractivity contribution in [2.45, 2.75) is 71.9 Å². The van der Waals surface area contributed by atoms with Gasteiger partial charge in [0.25, 0.3) is 0 Å². The smallest absolute Gasteiger partial charge is 0.410 e. The standard InChI is InChI=1S/C25H46IN4O4P/c1-24(2,3)34-23(31)29(7)12-11-28(6)16-20-17-30(35-26)27-22(20)19-9-10-25(4,5)21(15-19)18-33-14-13-32-8/h17,19,21,35H,9-16,18H2,1-8H3. The Morgan fingerprint density at radius 2 is 2.00 bits per heavy atom. The SMILES string of the molecule is COCCOCC1CC(c2nn(PI)cc2CN(C)CCN(C)C(=O)OC(C)(C)C)CCC1(C)C. The zero-order valence-corrected chi connectivity index (χ0v) is 26.1. The highest BCUT2D eigenvalue weighted by atomic mass is 127. The summed E-state index contributed by atoms with van der Waals surface area (Å²) in [6, 6.07) is 0. The van der Waals surface area contributed by atoms with Crippen molar-refractivity contribution in [1.82, 2.24) is 19.4 Å². The van der Waals surface area contributed by atoms with Gasteiger partial charge in [-0.3, -0.25) is 0 Å². The van der Waals surface area contributed by atoms with Gasteiger partial charge in [-0.1, -0.05) is 13.8 Å². The molecule has 0 saturated heterocycles. The molecule has 10 heteroatoms. The third-order valence-electron chi connectivity index (χ3n) is 6.82. The summed E-state index contributed by atoms with van der Waals surface area (Å²) >= 11 is 2.39. The first-order chi connectivity index (χ1) is 16.4. The molecule has 0 bridgehead atoms. The van der Waals surface area contributed by atoms with Crippen LogP contribution in [0.15, 0.2) is 6.20 Å². The van der Waals surface area contributed by atoms with Gasteiger partial charge in [-0.05, 0) is 80.5 Å². The zero-order valence-electron chi connectivity index (χ0n) is 22.9. The van der Waals surface area contributed by atoms with E-state index in [0.29, 0.717) is 38.0 Å². The number of likely N-dealkylation sites (N-methyl/N-ethyl adjacent to an activating group) is 2. The lowest BCUT2D eigenvalue weighted by Gasteiger charge is -2.42. The molecule has 35 heavy (non-hydrogen) atoms. The van der Waals surface area contributed by atoms with Gasteiger partial charge in [0.15, 0.2) is 0 Å². The summed E-state index contributed by atoms with van der Waals surface area (Å²) in [6.07, 6.45) is 5.92. The minimum atomic E-state index is -0.484. The molecular weight excluding hydrogens is 578 g/mol. The first kappa shape index (κ1) is 30.7. The molecule has 1 heterocycles. The van der Waals surface area contributed by atoms with Crippen molar-refractivity contribution in [1.29, 1.82) is 0 Å². The van der Waals surface area contributed by atoms with E-state index in [1.165, 1.54) is 17.7 Å². The quantitative estimate of drug-likeness (QED) is 0.173. The predicted molar refractivity (Wildman–Crippen MR) is 152 cm³/mol.